The third-order valence-corrected chi connectivity index (χ3v) is 4.50. The first-order chi connectivity index (χ1) is 13.1. The number of nitrogens with one attached hydrogen (secondary N) is 2. The number of imidazole rings is 1. The number of piperidine rings is 1. The third-order valence-electron chi connectivity index (χ3n) is 4.50. The number of hydrogen-bond acceptors (Lipinski definition) is 7. The number of H-pyrrole nitrogens is 1. The summed E-state index contributed by atoms with van der Waals surface area (Å²) in [7, 11) is 2.49. The second-order valence-corrected chi connectivity index (χ2v) is 6.45. The number of fused-ring (bicyclic) bond motifs is 1. The number of ether oxygens (including phenoxy) is 2. The highest BCUT2D eigenvalue weighted by Gasteiger charge is 2.15. The Hall–Kier alpha value is -2.87. The van der Waals surface area contributed by atoms with E-state index in [1.165, 1.54) is 33.5 Å². The maximum Gasteiger partial charge on any atom is 0.354 e. The van der Waals surface area contributed by atoms with Crippen LogP contribution in [0.5, 0.6) is 0 Å². The number of hydrogen-bond donors (Lipinski definition) is 2. The van der Waals surface area contributed by atoms with Crippen molar-refractivity contribution >= 4 is 28.7 Å². The lowest BCUT2D eigenvalue weighted by molar-refractivity contribution is -0.138. The molecule has 3 rings (SSSR count). The van der Waals surface area contributed by atoms with Gasteiger partial charge in [0.1, 0.15) is 11.5 Å². The zero-order valence-corrected chi connectivity index (χ0v) is 15.6. The Kier molecular flexibility index (Phi) is 6.08. The van der Waals surface area contributed by atoms with Crippen molar-refractivity contribution in [2.75, 3.05) is 32.6 Å². The smallest absolute Gasteiger partial charge is 0.354 e. The molecule has 0 aliphatic carbocycles. The standard InChI is InChI=1S/C19H24N4O4/c1-26-18(24)11-16(19(25)27-2)20-13-6-7-14-15(10-13)22-17(21-14)12-23-8-4-3-5-9-23/h6-7,10-11,20H,3-5,8-9,12H2,1-2H3,(H,21,22)/b16-11+. The van der Waals surface area contributed by atoms with Crippen molar-refractivity contribution in [2.45, 2.75) is 25.8 Å². The molecule has 2 heterocycles. The zero-order chi connectivity index (χ0) is 19.2. The lowest BCUT2D eigenvalue weighted by Gasteiger charge is -2.25. The molecule has 1 saturated heterocycles. The number of rotatable bonds is 6. The van der Waals surface area contributed by atoms with Crippen LogP contribution < -0.4 is 5.32 Å². The van der Waals surface area contributed by atoms with Gasteiger partial charge in [-0.3, -0.25) is 4.90 Å². The summed E-state index contributed by atoms with van der Waals surface area (Å²) in [5.74, 6) is -0.382. The molecule has 1 aromatic heterocycles. The first-order valence-electron chi connectivity index (χ1n) is 8.95. The maximum atomic E-state index is 11.9. The van der Waals surface area contributed by atoms with Crippen molar-refractivity contribution in [2.24, 2.45) is 0 Å². The number of benzene rings is 1. The first-order valence-corrected chi connectivity index (χ1v) is 8.95. The topological polar surface area (TPSA) is 96.5 Å². The predicted molar refractivity (Wildman–Crippen MR) is 101 cm³/mol. The number of nitrogens with zero attached hydrogens (tertiary/aromatic N) is 2. The van der Waals surface area contributed by atoms with Crippen molar-refractivity contribution in [3.8, 4) is 0 Å². The Morgan fingerprint density at radius 2 is 2.00 bits per heavy atom. The fourth-order valence-corrected chi connectivity index (χ4v) is 3.13. The molecule has 27 heavy (non-hydrogen) atoms. The molecule has 0 atom stereocenters. The van der Waals surface area contributed by atoms with Gasteiger partial charge >= 0.3 is 11.9 Å². The Balaban J connectivity index is 1.77. The Labute approximate surface area is 157 Å². The number of anilines is 1. The van der Waals surface area contributed by atoms with Crippen LogP contribution in [0.2, 0.25) is 0 Å². The average Bonchev–Trinajstić information content (AvgIpc) is 3.08. The highest BCUT2D eigenvalue weighted by Crippen LogP contribution is 2.20. The van der Waals surface area contributed by atoms with Gasteiger partial charge in [0, 0.05) is 5.69 Å². The van der Waals surface area contributed by atoms with Crippen LogP contribution in [0.15, 0.2) is 30.0 Å². The second-order valence-electron chi connectivity index (χ2n) is 6.45. The van der Waals surface area contributed by atoms with Crippen LogP contribution in [-0.4, -0.2) is 54.1 Å². The lowest BCUT2D eigenvalue weighted by atomic mass is 10.1. The predicted octanol–water partition coefficient (Wildman–Crippen LogP) is 2.19. The summed E-state index contributed by atoms with van der Waals surface area (Å²) in [4.78, 5) is 33.7. The molecule has 0 amide bonds. The van der Waals surface area contributed by atoms with Crippen molar-refractivity contribution in [1.29, 1.82) is 0 Å². The van der Waals surface area contributed by atoms with Crippen molar-refractivity contribution in [3.05, 3.63) is 35.8 Å². The molecule has 1 aromatic carbocycles. The minimum Gasteiger partial charge on any atom is -0.466 e. The minimum atomic E-state index is -0.657. The van der Waals surface area contributed by atoms with Crippen LogP contribution in [-0.2, 0) is 25.6 Å². The quantitative estimate of drug-likeness (QED) is 0.593. The summed E-state index contributed by atoms with van der Waals surface area (Å²) >= 11 is 0. The normalized spacial score (nSPS) is 15.6. The molecule has 1 fully saturated rings. The summed E-state index contributed by atoms with van der Waals surface area (Å²) in [5, 5.41) is 2.91. The van der Waals surface area contributed by atoms with Crippen LogP contribution in [0.3, 0.4) is 0 Å². The molecule has 144 valence electrons. The highest BCUT2D eigenvalue weighted by atomic mass is 16.5. The Bertz CT molecular complexity index is 853. The summed E-state index contributed by atoms with van der Waals surface area (Å²) in [6.07, 6.45) is 4.83. The van der Waals surface area contributed by atoms with E-state index in [1.54, 1.807) is 6.07 Å². The van der Waals surface area contributed by atoms with E-state index >= 15 is 0 Å². The largest absolute Gasteiger partial charge is 0.466 e. The number of aromatic nitrogens is 2. The molecule has 8 heteroatoms. The van der Waals surface area contributed by atoms with E-state index in [1.807, 2.05) is 12.1 Å². The van der Waals surface area contributed by atoms with Crippen LogP contribution in [0, 0.1) is 0 Å². The fourth-order valence-electron chi connectivity index (χ4n) is 3.13. The van der Waals surface area contributed by atoms with Crippen molar-refractivity contribution < 1.29 is 19.1 Å². The van der Waals surface area contributed by atoms with E-state index in [9.17, 15) is 9.59 Å². The average molecular weight is 372 g/mol. The van der Waals surface area contributed by atoms with E-state index in [2.05, 4.69) is 24.9 Å². The van der Waals surface area contributed by atoms with E-state index in [4.69, 9.17) is 4.74 Å². The summed E-state index contributed by atoms with van der Waals surface area (Å²) in [5.41, 5.74) is 2.34. The zero-order valence-electron chi connectivity index (χ0n) is 15.6. The molecular formula is C19H24N4O4. The second kappa shape index (κ2) is 8.68. The fraction of sp³-hybridized carbons (Fsp3) is 0.421. The molecule has 0 bridgehead atoms. The van der Waals surface area contributed by atoms with E-state index in [-0.39, 0.29) is 5.70 Å². The molecule has 0 saturated carbocycles. The van der Waals surface area contributed by atoms with Gasteiger partial charge in [0.25, 0.3) is 0 Å². The van der Waals surface area contributed by atoms with Gasteiger partial charge in [-0.25, -0.2) is 14.6 Å². The Morgan fingerprint density at radius 1 is 1.22 bits per heavy atom. The summed E-state index contributed by atoms with van der Waals surface area (Å²) in [6.45, 7) is 3.00. The van der Waals surface area contributed by atoms with Gasteiger partial charge in [-0.15, -0.1) is 0 Å². The number of aromatic amines is 1. The van der Waals surface area contributed by atoms with E-state index in [0.717, 1.165) is 42.6 Å². The number of methoxy groups -OCH3 is 2. The van der Waals surface area contributed by atoms with Crippen LogP contribution >= 0.6 is 0 Å². The molecule has 2 N–H and O–H groups in total. The van der Waals surface area contributed by atoms with Gasteiger partial charge in [-0.1, -0.05) is 6.42 Å². The van der Waals surface area contributed by atoms with Gasteiger partial charge < -0.3 is 19.8 Å². The lowest BCUT2D eigenvalue weighted by Crippen LogP contribution is -2.29. The van der Waals surface area contributed by atoms with Crippen LogP contribution in [0.25, 0.3) is 11.0 Å². The molecule has 0 radical (unpaired) electrons. The highest BCUT2D eigenvalue weighted by molar-refractivity contribution is 5.99. The number of carbonyl (C=O) groups is 2. The van der Waals surface area contributed by atoms with E-state index in [0.29, 0.717) is 5.69 Å². The van der Waals surface area contributed by atoms with Gasteiger partial charge in [0.05, 0.1) is 37.9 Å². The van der Waals surface area contributed by atoms with E-state index < -0.39 is 11.9 Å². The molecule has 0 spiro atoms. The third kappa shape index (κ3) is 4.85. The SMILES string of the molecule is COC(=O)/C=C(/Nc1ccc2nc(CN3CCCCC3)[nH]c2c1)C(=O)OC. The molecule has 8 nitrogen and oxygen atoms in total. The molecular weight excluding hydrogens is 348 g/mol. The molecule has 1 aliphatic rings. The number of likely N-dealkylation sites (tertiary alicyclic amines) is 1. The molecule has 2 aromatic rings. The minimum absolute atomic E-state index is 0.00300. The molecule has 1 aliphatic heterocycles. The maximum absolute atomic E-state index is 11.9. The first kappa shape index (κ1) is 18.9. The van der Waals surface area contributed by atoms with Gasteiger partial charge in [0.15, 0.2) is 0 Å². The Morgan fingerprint density at radius 3 is 2.70 bits per heavy atom. The molecule has 0 unspecified atom stereocenters. The van der Waals surface area contributed by atoms with Crippen molar-refractivity contribution in [3.63, 3.8) is 0 Å². The van der Waals surface area contributed by atoms with Gasteiger partial charge in [-0.2, -0.15) is 0 Å². The summed E-state index contributed by atoms with van der Waals surface area (Å²) in [6, 6.07) is 5.50. The summed E-state index contributed by atoms with van der Waals surface area (Å²) < 4.78 is 9.28. The van der Waals surface area contributed by atoms with Crippen LogP contribution in [0.4, 0.5) is 5.69 Å². The number of esters is 2. The van der Waals surface area contributed by atoms with Crippen LogP contribution in [0.1, 0.15) is 25.1 Å². The van der Waals surface area contributed by atoms with Gasteiger partial charge in [-0.05, 0) is 44.1 Å². The van der Waals surface area contributed by atoms with Gasteiger partial charge in [0.2, 0.25) is 0 Å². The van der Waals surface area contributed by atoms with Crippen molar-refractivity contribution in [1.82, 2.24) is 14.9 Å². The monoisotopic (exact) mass is 372 g/mol. The number of carbonyl (C=O) groups excluding carboxylic acids is 2.